The minimum Gasteiger partial charge on any atom is -0.364 e. The van der Waals surface area contributed by atoms with E-state index in [4.69, 9.17) is 0 Å². The van der Waals surface area contributed by atoms with E-state index < -0.39 is 38.9 Å². The lowest BCUT2D eigenvalue weighted by Crippen LogP contribution is -2.28. The zero-order chi connectivity index (χ0) is 8.69. The molecule has 5 heteroatoms. The van der Waals surface area contributed by atoms with Crippen molar-refractivity contribution in [1.82, 2.24) is 0 Å². The van der Waals surface area contributed by atoms with Crippen LogP contribution in [0.5, 0.6) is 0 Å². The first-order chi connectivity index (χ1) is 5.28. The highest BCUT2D eigenvalue weighted by atomic mass is 19.1. The van der Waals surface area contributed by atoms with Crippen LogP contribution in [0.15, 0.2) is 0 Å². The molecule has 0 amide bonds. The molecule has 0 atom stereocenters. The predicted octanol–water partition coefficient (Wildman–Crippen LogP) is 1.62. The molecule has 0 radical (unpaired) electrons. The largest absolute Gasteiger partial charge is 0.364 e. The summed E-state index contributed by atoms with van der Waals surface area (Å²) in [6.07, 6.45) is -2.65. The molecule has 0 spiro atoms. The van der Waals surface area contributed by atoms with Crippen LogP contribution >= 0.6 is 0 Å². The molecule has 0 saturated heterocycles. The third-order valence-electron chi connectivity index (χ3n) is 1.07. The summed E-state index contributed by atoms with van der Waals surface area (Å²) in [6.45, 7) is -4.25. The second-order valence-electron chi connectivity index (χ2n) is 2.00. The Labute approximate surface area is 62.3 Å². The molecule has 0 heterocycles. The van der Waals surface area contributed by atoms with Gasteiger partial charge in [-0.2, -0.15) is 0 Å². The summed E-state index contributed by atoms with van der Waals surface area (Å²) in [6, 6.07) is 0. The number of hydrogen-bond acceptors (Lipinski definition) is 1. The fraction of sp³-hybridized carbons (Fsp3) is 1.00. The minimum absolute atomic E-state index is 1.06. The molecule has 0 aliphatic carbocycles. The van der Waals surface area contributed by atoms with Gasteiger partial charge in [0.1, 0.15) is 38.9 Å². The number of hydrogen-bond donors (Lipinski definition) is 0. The lowest BCUT2D eigenvalue weighted by Gasteiger charge is -2.15. The van der Waals surface area contributed by atoms with E-state index in [1.807, 2.05) is 0 Å². The Bertz CT molecular complexity index is 72.7. The van der Waals surface area contributed by atoms with Crippen molar-refractivity contribution in [2.75, 3.05) is 26.7 Å². The van der Waals surface area contributed by atoms with Gasteiger partial charge in [0.25, 0.3) is 0 Å². The summed E-state index contributed by atoms with van der Waals surface area (Å²) >= 11 is 0. The van der Waals surface area contributed by atoms with Crippen molar-refractivity contribution in [2.45, 2.75) is 12.2 Å². The molecule has 68 valence electrons. The first-order valence-corrected chi connectivity index (χ1v) is 3.17. The zero-order valence-corrected chi connectivity index (χ0v) is 5.90. The van der Waals surface area contributed by atoms with E-state index in [1.54, 1.807) is 0 Å². The first-order valence-electron chi connectivity index (χ1n) is 3.17. The lowest BCUT2D eigenvalue weighted by atomic mass is 10.4. The van der Waals surface area contributed by atoms with Gasteiger partial charge >= 0.3 is 0 Å². The number of ether oxygens (including phenoxy) is 1. The highest BCUT2D eigenvalue weighted by Gasteiger charge is 2.16. The molecule has 0 rings (SSSR count). The van der Waals surface area contributed by atoms with Crippen molar-refractivity contribution < 1.29 is 22.3 Å². The molecule has 0 bridgehead atoms. The van der Waals surface area contributed by atoms with Gasteiger partial charge in [-0.1, -0.05) is 0 Å². The average molecular weight is 174 g/mol. The summed E-state index contributed by atoms with van der Waals surface area (Å²) in [5.74, 6) is 0. The highest BCUT2D eigenvalue weighted by Crippen LogP contribution is 2.02. The Balaban J connectivity index is 3.58. The Hall–Kier alpha value is -0.320. The molecule has 0 aromatic carbocycles. The Morgan fingerprint density at radius 3 is 1.18 bits per heavy atom. The van der Waals surface area contributed by atoms with Gasteiger partial charge in [-0.3, -0.25) is 0 Å². The van der Waals surface area contributed by atoms with Crippen LogP contribution < -0.4 is 0 Å². The SMILES string of the molecule is FCC(CF)OC(CF)CF. The smallest absolute Gasteiger partial charge is 0.118 e. The molecule has 0 N–H and O–H groups in total. The summed E-state index contributed by atoms with van der Waals surface area (Å²) in [7, 11) is 0. The molecule has 0 aromatic rings. The summed E-state index contributed by atoms with van der Waals surface area (Å²) in [5, 5.41) is 0. The molecule has 0 saturated carbocycles. The molecule has 0 fully saturated rings. The second kappa shape index (κ2) is 6.39. The third kappa shape index (κ3) is 4.19. The van der Waals surface area contributed by atoms with Crippen LogP contribution in [0.4, 0.5) is 17.6 Å². The van der Waals surface area contributed by atoms with Crippen LogP contribution in [0.2, 0.25) is 0 Å². The van der Waals surface area contributed by atoms with Gasteiger partial charge < -0.3 is 4.74 Å². The average Bonchev–Trinajstić information content (AvgIpc) is 2.07. The van der Waals surface area contributed by atoms with Crippen LogP contribution in [0, 0.1) is 0 Å². The van der Waals surface area contributed by atoms with Crippen LogP contribution in [0.3, 0.4) is 0 Å². The van der Waals surface area contributed by atoms with E-state index in [2.05, 4.69) is 4.74 Å². The Morgan fingerprint density at radius 2 is 1.00 bits per heavy atom. The van der Waals surface area contributed by atoms with Crippen molar-refractivity contribution in [3.63, 3.8) is 0 Å². The standard InChI is InChI=1S/C6H10F4O/c7-1-5(2-8)11-6(3-9)4-10/h5-6H,1-4H2. The summed E-state index contributed by atoms with van der Waals surface area (Å²) in [4.78, 5) is 0. The molecule has 0 unspecified atom stereocenters. The second-order valence-corrected chi connectivity index (χ2v) is 2.00. The summed E-state index contributed by atoms with van der Waals surface area (Å²) < 4.78 is 51.1. The number of halogens is 4. The maximum atomic E-state index is 11.7. The van der Waals surface area contributed by atoms with E-state index in [0.717, 1.165) is 0 Å². The van der Waals surface area contributed by atoms with Gasteiger partial charge in [-0.05, 0) is 0 Å². The number of rotatable bonds is 6. The van der Waals surface area contributed by atoms with Gasteiger partial charge in [0.15, 0.2) is 0 Å². The summed E-state index contributed by atoms with van der Waals surface area (Å²) in [5.41, 5.74) is 0. The normalized spacial score (nSPS) is 11.5. The maximum absolute atomic E-state index is 11.7. The van der Waals surface area contributed by atoms with Crippen molar-refractivity contribution in [2.24, 2.45) is 0 Å². The maximum Gasteiger partial charge on any atom is 0.118 e. The van der Waals surface area contributed by atoms with Gasteiger partial charge in [0.05, 0.1) is 0 Å². The van der Waals surface area contributed by atoms with E-state index >= 15 is 0 Å². The van der Waals surface area contributed by atoms with Gasteiger partial charge in [-0.25, -0.2) is 17.6 Å². The highest BCUT2D eigenvalue weighted by molar-refractivity contribution is 4.60. The number of alkyl halides is 4. The molecule has 0 aliphatic heterocycles. The molecule has 0 aliphatic rings. The third-order valence-corrected chi connectivity index (χ3v) is 1.07. The van der Waals surface area contributed by atoms with E-state index in [-0.39, 0.29) is 0 Å². The first kappa shape index (κ1) is 10.7. The van der Waals surface area contributed by atoms with Crippen LogP contribution in [0.1, 0.15) is 0 Å². The van der Waals surface area contributed by atoms with Crippen molar-refractivity contribution in [3.8, 4) is 0 Å². The fourth-order valence-electron chi connectivity index (χ4n) is 0.500. The minimum atomic E-state index is -1.33. The molecular weight excluding hydrogens is 164 g/mol. The lowest BCUT2D eigenvalue weighted by molar-refractivity contribution is -0.0527. The Kier molecular flexibility index (Phi) is 6.21. The van der Waals surface area contributed by atoms with Gasteiger partial charge in [-0.15, -0.1) is 0 Å². The van der Waals surface area contributed by atoms with Crippen molar-refractivity contribution >= 4 is 0 Å². The molecule has 1 nitrogen and oxygen atoms in total. The van der Waals surface area contributed by atoms with Crippen LogP contribution in [-0.2, 0) is 4.74 Å². The molecule has 0 aromatic heterocycles. The van der Waals surface area contributed by atoms with Crippen LogP contribution in [-0.4, -0.2) is 38.9 Å². The Morgan fingerprint density at radius 1 is 0.727 bits per heavy atom. The van der Waals surface area contributed by atoms with E-state index in [1.165, 1.54) is 0 Å². The van der Waals surface area contributed by atoms with E-state index in [9.17, 15) is 17.6 Å². The zero-order valence-electron chi connectivity index (χ0n) is 5.90. The monoisotopic (exact) mass is 174 g/mol. The predicted molar refractivity (Wildman–Crippen MR) is 32.6 cm³/mol. The van der Waals surface area contributed by atoms with E-state index in [0.29, 0.717) is 0 Å². The molecule has 11 heavy (non-hydrogen) atoms. The van der Waals surface area contributed by atoms with Crippen LogP contribution in [0.25, 0.3) is 0 Å². The quantitative estimate of drug-likeness (QED) is 0.556. The van der Waals surface area contributed by atoms with Gasteiger partial charge in [0, 0.05) is 0 Å². The molecular formula is C6H10F4O. The van der Waals surface area contributed by atoms with Crippen molar-refractivity contribution in [3.05, 3.63) is 0 Å². The van der Waals surface area contributed by atoms with Crippen molar-refractivity contribution in [1.29, 1.82) is 0 Å². The topological polar surface area (TPSA) is 9.23 Å². The fourth-order valence-corrected chi connectivity index (χ4v) is 0.500. The van der Waals surface area contributed by atoms with Gasteiger partial charge in [0.2, 0.25) is 0 Å².